The number of amides is 1. The number of nitrogens with zero attached hydrogens (tertiary/aromatic N) is 3. The van der Waals surface area contributed by atoms with Crippen molar-refractivity contribution >= 4 is 32.6 Å². The lowest BCUT2D eigenvalue weighted by molar-refractivity contribution is -0.123. The fourth-order valence-corrected chi connectivity index (χ4v) is 4.58. The van der Waals surface area contributed by atoms with Gasteiger partial charge in [0.05, 0.1) is 17.3 Å². The predicted molar refractivity (Wildman–Crippen MR) is 108 cm³/mol. The van der Waals surface area contributed by atoms with Gasteiger partial charge in [-0.05, 0) is 58.1 Å². The summed E-state index contributed by atoms with van der Waals surface area (Å²) in [7, 11) is 5.80. The van der Waals surface area contributed by atoms with E-state index < -0.39 is 0 Å². The van der Waals surface area contributed by atoms with Crippen LogP contribution in [0.15, 0.2) is 18.2 Å². The lowest BCUT2D eigenvalue weighted by Gasteiger charge is -2.28. The highest BCUT2D eigenvalue weighted by atomic mass is 32.1. The Balaban J connectivity index is 1.84. The van der Waals surface area contributed by atoms with Crippen LogP contribution in [0.4, 0.5) is 5.13 Å². The molecule has 0 saturated heterocycles. The third-order valence-corrected chi connectivity index (χ3v) is 6.06. The van der Waals surface area contributed by atoms with Crippen molar-refractivity contribution in [1.29, 1.82) is 0 Å². The second-order valence-electron chi connectivity index (χ2n) is 7.31. The van der Waals surface area contributed by atoms with Crippen LogP contribution < -0.4 is 9.64 Å². The lowest BCUT2D eigenvalue weighted by Crippen LogP contribution is -2.38. The minimum absolute atomic E-state index is 0.157. The molecule has 1 saturated carbocycles. The van der Waals surface area contributed by atoms with Gasteiger partial charge in [0.25, 0.3) is 0 Å². The van der Waals surface area contributed by atoms with Gasteiger partial charge in [-0.3, -0.25) is 9.69 Å². The predicted octanol–water partition coefficient (Wildman–Crippen LogP) is 4.17. The van der Waals surface area contributed by atoms with Crippen LogP contribution in [0.25, 0.3) is 10.2 Å². The number of ether oxygens (including phenoxy) is 1. The first-order valence-electron chi connectivity index (χ1n) is 9.49. The first kappa shape index (κ1) is 19.1. The van der Waals surface area contributed by atoms with E-state index in [2.05, 4.69) is 19.0 Å². The van der Waals surface area contributed by atoms with Crippen LogP contribution in [0.1, 0.15) is 38.5 Å². The Morgan fingerprint density at radius 2 is 2.00 bits per heavy atom. The molecule has 26 heavy (non-hydrogen) atoms. The van der Waals surface area contributed by atoms with Crippen LogP contribution in [0.5, 0.6) is 5.75 Å². The summed E-state index contributed by atoms with van der Waals surface area (Å²) in [5, 5.41) is 0.822. The standard InChI is InChI=1S/C20H29N3O2S/c1-22(2)12-7-13-23(19(24)15-8-5-4-6-9-15)20-21-17-11-10-16(25-3)14-18(17)26-20/h10-11,14-15H,4-9,12-13H2,1-3H3. The molecule has 142 valence electrons. The highest BCUT2D eigenvalue weighted by Crippen LogP contribution is 2.34. The maximum atomic E-state index is 13.2. The summed E-state index contributed by atoms with van der Waals surface area (Å²) in [5.74, 6) is 1.24. The van der Waals surface area contributed by atoms with E-state index in [0.717, 1.165) is 53.4 Å². The molecule has 0 atom stereocenters. The molecule has 0 aliphatic heterocycles. The molecule has 1 amide bonds. The molecule has 1 aliphatic rings. The van der Waals surface area contributed by atoms with Crippen molar-refractivity contribution in [3.05, 3.63) is 18.2 Å². The molecule has 2 aromatic rings. The number of benzene rings is 1. The molecular formula is C20H29N3O2S. The Kier molecular flexibility index (Phi) is 6.48. The Bertz CT molecular complexity index is 738. The molecule has 1 heterocycles. The normalized spacial score (nSPS) is 15.5. The van der Waals surface area contributed by atoms with Gasteiger partial charge in [0.1, 0.15) is 5.75 Å². The van der Waals surface area contributed by atoms with Gasteiger partial charge in [-0.1, -0.05) is 30.6 Å². The minimum atomic E-state index is 0.157. The number of hydrogen-bond donors (Lipinski definition) is 0. The van der Waals surface area contributed by atoms with E-state index in [4.69, 9.17) is 9.72 Å². The van der Waals surface area contributed by atoms with Gasteiger partial charge in [-0.2, -0.15) is 0 Å². The molecular weight excluding hydrogens is 346 g/mol. The summed E-state index contributed by atoms with van der Waals surface area (Å²) in [5.41, 5.74) is 0.930. The molecule has 0 N–H and O–H groups in total. The lowest BCUT2D eigenvalue weighted by atomic mass is 9.88. The molecule has 3 rings (SSSR count). The van der Waals surface area contributed by atoms with Crippen molar-refractivity contribution < 1.29 is 9.53 Å². The van der Waals surface area contributed by atoms with E-state index in [1.54, 1.807) is 18.4 Å². The number of carbonyl (C=O) groups excluding carboxylic acids is 1. The van der Waals surface area contributed by atoms with Gasteiger partial charge in [0.15, 0.2) is 5.13 Å². The second kappa shape index (κ2) is 8.82. The van der Waals surface area contributed by atoms with Crippen LogP contribution in [0.2, 0.25) is 0 Å². The smallest absolute Gasteiger partial charge is 0.231 e. The van der Waals surface area contributed by atoms with Crippen molar-refractivity contribution in [2.45, 2.75) is 38.5 Å². The fraction of sp³-hybridized carbons (Fsp3) is 0.600. The Hall–Kier alpha value is -1.66. The van der Waals surface area contributed by atoms with E-state index in [-0.39, 0.29) is 11.8 Å². The summed E-state index contributed by atoms with van der Waals surface area (Å²) in [4.78, 5) is 22.1. The average Bonchev–Trinajstić information content (AvgIpc) is 3.07. The zero-order valence-corrected chi connectivity index (χ0v) is 16.8. The summed E-state index contributed by atoms with van der Waals surface area (Å²) in [6.07, 6.45) is 6.57. The summed E-state index contributed by atoms with van der Waals surface area (Å²) < 4.78 is 6.38. The number of thiazole rings is 1. The van der Waals surface area contributed by atoms with Crippen LogP contribution in [-0.2, 0) is 4.79 Å². The number of anilines is 1. The third kappa shape index (κ3) is 4.54. The van der Waals surface area contributed by atoms with Gasteiger partial charge in [0, 0.05) is 12.5 Å². The molecule has 1 aromatic carbocycles. The molecule has 5 nitrogen and oxygen atoms in total. The van der Waals surface area contributed by atoms with Gasteiger partial charge < -0.3 is 9.64 Å². The minimum Gasteiger partial charge on any atom is -0.497 e. The maximum Gasteiger partial charge on any atom is 0.231 e. The van der Waals surface area contributed by atoms with E-state index >= 15 is 0 Å². The summed E-state index contributed by atoms with van der Waals surface area (Å²) in [6.45, 7) is 1.69. The zero-order valence-electron chi connectivity index (χ0n) is 16.0. The number of rotatable bonds is 7. The average molecular weight is 376 g/mol. The monoisotopic (exact) mass is 375 g/mol. The first-order valence-corrected chi connectivity index (χ1v) is 10.3. The van der Waals surface area contributed by atoms with Gasteiger partial charge in [-0.25, -0.2) is 4.98 Å². The second-order valence-corrected chi connectivity index (χ2v) is 8.32. The first-order chi connectivity index (χ1) is 12.6. The zero-order chi connectivity index (χ0) is 18.5. The van der Waals surface area contributed by atoms with Gasteiger partial charge in [-0.15, -0.1) is 0 Å². The van der Waals surface area contributed by atoms with Crippen molar-refractivity contribution in [2.24, 2.45) is 5.92 Å². The summed E-state index contributed by atoms with van der Waals surface area (Å²) >= 11 is 1.59. The number of fused-ring (bicyclic) bond motifs is 1. The molecule has 1 aromatic heterocycles. The van der Waals surface area contributed by atoms with Crippen molar-refractivity contribution in [3.8, 4) is 5.75 Å². The molecule has 0 unspecified atom stereocenters. The van der Waals surface area contributed by atoms with Crippen LogP contribution in [0.3, 0.4) is 0 Å². The quantitative estimate of drug-likeness (QED) is 0.729. The van der Waals surface area contributed by atoms with Crippen molar-refractivity contribution in [3.63, 3.8) is 0 Å². The highest BCUT2D eigenvalue weighted by molar-refractivity contribution is 7.22. The van der Waals surface area contributed by atoms with Gasteiger partial charge in [0.2, 0.25) is 5.91 Å². The van der Waals surface area contributed by atoms with E-state index in [1.807, 2.05) is 23.1 Å². The largest absolute Gasteiger partial charge is 0.497 e. The highest BCUT2D eigenvalue weighted by Gasteiger charge is 2.28. The third-order valence-electron chi connectivity index (χ3n) is 5.02. The fourth-order valence-electron chi connectivity index (χ4n) is 3.55. The topological polar surface area (TPSA) is 45.7 Å². The molecule has 0 spiro atoms. The Morgan fingerprint density at radius 3 is 2.69 bits per heavy atom. The number of hydrogen-bond acceptors (Lipinski definition) is 5. The Labute approximate surface area is 160 Å². The van der Waals surface area contributed by atoms with Crippen LogP contribution >= 0.6 is 11.3 Å². The van der Waals surface area contributed by atoms with Gasteiger partial charge >= 0.3 is 0 Å². The number of aromatic nitrogens is 1. The summed E-state index contributed by atoms with van der Waals surface area (Å²) in [6, 6.07) is 5.89. The van der Waals surface area contributed by atoms with Crippen LogP contribution in [-0.4, -0.2) is 50.1 Å². The molecule has 6 heteroatoms. The molecule has 1 fully saturated rings. The van der Waals surface area contributed by atoms with Crippen molar-refractivity contribution in [1.82, 2.24) is 9.88 Å². The Morgan fingerprint density at radius 1 is 1.23 bits per heavy atom. The van der Waals surface area contributed by atoms with E-state index in [1.165, 1.54) is 19.3 Å². The maximum absolute atomic E-state index is 13.2. The van der Waals surface area contributed by atoms with E-state index in [0.29, 0.717) is 0 Å². The number of methoxy groups -OCH3 is 1. The van der Waals surface area contributed by atoms with E-state index in [9.17, 15) is 4.79 Å². The SMILES string of the molecule is COc1ccc2nc(N(CCCN(C)C)C(=O)C3CCCCC3)sc2c1. The van der Waals surface area contributed by atoms with Crippen molar-refractivity contribution in [2.75, 3.05) is 39.2 Å². The molecule has 1 aliphatic carbocycles. The molecule has 0 radical (unpaired) electrons. The van der Waals surface area contributed by atoms with Crippen LogP contribution in [0, 0.1) is 5.92 Å². The number of carbonyl (C=O) groups is 1. The molecule has 0 bridgehead atoms.